The van der Waals surface area contributed by atoms with E-state index in [0.29, 0.717) is 16.8 Å². The average Bonchev–Trinajstić information content (AvgIpc) is 3.05. The zero-order valence-electron chi connectivity index (χ0n) is 13.7. The van der Waals surface area contributed by atoms with E-state index in [2.05, 4.69) is 27.7 Å². The van der Waals surface area contributed by atoms with Gasteiger partial charge in [-0.3, -0.25) is 4.79 Å². The summed E-state index contributed by atoms with van der Waals surface area (Å²) in [6.45, 7) is 0. The van der Waals surface area contributed by atoms with Crippen molar-refractivity contribution in [3.05, 3.63) is 65.0 Å². The van der Waals surface area contributed by atoms with Crippen LogP contribution in [0.1, 0.15) is 0 Å². The monoisotopic (exact) mass is 349 g/mol. The number of benzene rings is 2. The van der Waals surface area contributed by atoms with Crippen LogP contribution in [0.5, 0.6) is 0 Å². The Labute approximate surface area is 148 Å². The number of tetrazole rings is 1. The van der Waals surface area contributed by atoms with Gasteiger partial charge in [0.2, 0.25) is 0 Å². The van der Waals surface area contributed by atoms with Crippen LogP contribution in [0.15, 0.2) is 69.3 Å². The van der Waals surface area contributed by atoms with E-state index in [4.69, 9.17) is 0 Å². The van der Waals surface area contributed by atoms with E-state index >= 15 is 0 Å². The van der Waals surface area contributed by atoms with Gasteiger partial charge < -0.3 is 4.57 Å². The highest BCUT2D eigenvalue weighted by molar-refractivity contribution is 7.99. The van der Waals surface area contributed by atoms with Crippen LogP contribution >= 0.6 is 11.8 Å². The standard InChI is InChI=1S/C18H15N5OS/c1-22-11-15(18-19-20-21-23(18)2)17(24)14-9-8-13(10-16(14)22)25-12-6-4-3-5-7-12/h3-11H,1-2H3. The third kappa shape index (κ3) is 2.83. The van der Waals surface area contributed by atoms with Crippen LogP contribution in [0, 0.1) is 0 Å². The molecule has 0 N–H and O–H groups in total. The number of aromatic nitrogens is 5. The number of aryl methyl sites for hydroxylation is 2. The summed E-state index contributed by atoms with van der Waals surface area (Å²) in [5.41, 5.74) is 1.30. The number of hydrogen-bond acceptors (Lipinski definition) is 5. The Morgan fingerprint density at radius 3 is 2.52 bits per heavy atom. The van der Waals surface area contributed by atoms with Crippen LogP contribution in [0.2, 0.25) is 0 Å². The van der Waals surface area contributed by atoms with E-state index in [9.17, 15) is 4.79 Å². The van der Waals surface area contributed by atoms with Crippen molar-refractivity contribution in [2.75, 3.05) is 0 Å². The lowest BCUT2D eigenvalue weighted by Gasteiger charge is -2.10. The van der Waals surface area contributed by atoms with Crippen molar-refractivity contribution >= 4 is 22.7 Å². The van der Waals surface area contributed by atoms with Crippen LogP contribution in [-0.4, -0.2) is 24.8 Å². The van der Waals surface area contributed by atoms with Gasteiger partial charge in [-0.1, -0.05) is 30.0 Å². The number of pyridine rings is 1. The predicted molar refractivity (Wildman–Crippen MR) is 97.5 cm³/mol. The third-order valence-corrected chi connectivity index (χ3v) is 5.00. The summed E-state index contributed by atoms with van der Waals surface area (Å²) in [6, 6.07) is 16.0. The Balaban J connectivity index is 1.83. The van der Waals surface area contributed by atoms with Gasteiger partial charge in [0.05, 0.1) is 11.1 Å². The number of rotatable bonds is 3. The fourth-order valence-electron chi connectivity index (χ4n) is 2.77. The van der Waals surface area contributed by atoms with Crippen molar-refractivity contribution in [1.82, 2.24) is 24.8 Å². The van der Waals surface area contributed by atoms with Gasteiger partial charge in [-0.25, -0.2) is 4.68 Å². The molecule has 0 unspecified atom stereocenters. The maximum Gasteiger partial charge on any atom is 0.200 e. The second kappa shape index (κ2) is 6.18. The van der Waals surface area contributed by atoms with Crippen LogP contribution < -0.4 is 5.43 Å². The first kappa shape index (κ1) is 15.6. The van der Waals surface area contributed by atoms with E-state index in [1.165, 1.54) is 4.68 Å². The third-order valence-electron chi connectivity index (χ3n) is 4.00. The quantitative estimate of drug-likeness (QED) is 0.569. The molecule has 124 valence electrons. The predicted octanol–water partition coefficient (Wildman–Crippen LogP) is 2.88. The highest BCUT2D eigenvalue weighted by Crippen LogP contribution is 2.29. The molecule has 0 aliphatic carbocycles. The number of fused-ring (bicyclic) bond motifs is 1. The number of hydrogen-bond donors (Lipinski definition) is 0. The summed E-state index contributed by atoms with van der Waals surface area (Å²) >= 11 is 1.67. The molecule has 0 saturated heterocycles. The maximum atomic E-state index is 12.9. The molecule has 2 aromatic carbocycles. The van der Waals surface area contributed by atoms with Crippen molar-refractivity contribution in [3.8, 4) is 11.4 Å². The van der Waals surface area contributed by atoms with Gasteiger partial charge in [-0.2, -0.15) is 0 Å². The second-order valence-electron chi connectivity index (χ2n) is 5.70. The van der Waals surface area contributed by atoms with Gasteiger partial charge >= 0.3 is 0 Å². The topological polar surface area (TPSA) is 65.6 Å². The van der Waals surface area contributed by atoms with Crippen LogP contribution in [-0.2, 0) is 14.1 Å². The minimum absolute atomic E-state index is 0.0674. The molecule has 0 aliphatic heterocycles. The van der Waals surface area contributed by atoms with E-state index in [0.717, 1.165) is 15.3 Å². The molecule has 2 heterocycles. The zero-order valence-corrected chi connectivity index (χ0v) is 14.6. The first-order chi connectivity index (χ1) is 12.1. The highest BCUT2D eigenvalue weighted by atomic mass is 32.2. The average molecular weight is 349 g/mol. The van der Waals surface area contributed by atoms with Gasteiger partial charge in [0, 0.05) is 35.5 Å². The van der Waals surface area contributed by atoms with Gasteiger partial charge in [0.1, 0.15) is 0 Å². The lowest BCUT2D eigenvalue weighted by molar-refractivity contribution is 0.714. The van der Waals surface area contributed by atoms with Crippen molar-refractivity contribution in [2.45, 2.75) is 9.79 Å². The minimum Gasteiger partial charge on any atom is -0.350 e. The first-order valence-corrected chi connectivity index (χ1v) is 8.54. The van der Waals surface area contributed by atoms with Gasteiger partial charge in [0.15, 0.2) is 11.3 Å². The second-order valence-corrected chi connectivity index (χ2v) is 6.85. The normalized spacial score (nSPS) is 11.1. The molecule has 4 rings (SSSR count). The lowest BCUT2D eigenvalue weighted by atomic mass is 10.1. The smallest absolute Gasteiger partial charge is 0.200 e. The minimum atomic E-state index is -0.0674. The van der Waals surface area contributed by atoms with Gasteiger partial charge in [-0.15, -0.1) is 5.10 Å². The number of nitrogens with zero attached hydrogens (tertiary/aromatic N) is 5. The van der Waals surface area contributed by atoms with Crippen LogP contribution in [0.25, 0.3) is 22.3 Å². The van der Waals surface area contributed by atoms with Crippen molar-refractivity contribution in [3.63, 3.8) is 0 Å². The molecule has 0 spiro atoms. The molecule has 0 radical (unpaired) electrons. The molecule has 0 atom stereocenters. The SMILES string of the molecule is Cn1nnnc1-c1cn(C)c2cc(Sc3ccccc3)ccc2c1=O. The van der Waals surface area contributed by atoms with E-state index in [-0.39, 0.29) is 5.43 Å². The molecule has 7 heteroatoms. The molecule has 2 aromatic heterocycles. The molecule has 0 bridgehead atoms. The molecule has 25 heavy (non-hydrogen) atoms. The Bertz CT molecular complexity index is 1120. The van der Waals surface area contributed by atoms with E-state index < -0.39 is 0 Å². The van der Waals surface area contributed by atoms with Crippen molar-refractivity contribution in [2.24, 2.45) is 14.1 Å². The van der Waals surface area contributed by atoms with Crippen molar-refractivity contribution < 1.29 is 0 Å². The zero-order chi connectivity index (χ0) is 17.4. The largest absolute Gasteiger partial charge is 0.350 e. The van der Waals surface area contributed by atoms with Gasteiger partial charge in [-0.05, 0) is 40.8 Å². The Morgan fingerprint density at radius 2 is 1.80 bits per heavy atom. The maximum absolute atomic E-state index is 12.9. The summed E-state index contributed by atoms with van der Waals surface area (Å²) in [5, 5.41) is 12.0. The molecular weight excluding hydrogens is 334 g/mol. The molecule has 0 fully saturated rings. The molecule has 0 aliphatic rings. The van der Waals surface area contributed by atoms with Crippen LogP contribution in [0.4, 0.5) is 0 Å². The lowest BCUT2D eigenvalue weighted by Crippen LogP contribution is -2.12. The van der Waals surface area contributed by atoms with Crippen molar-refractivity contribution in [1.29, 1.82) is 0 Å². The fourth-order valence-corrected chi connectivity index (χ4v) is 3.64. The highest BCUT2D eigenvalue weighted by Gasteiger charge is 2.14. The van der Waals surface area contributed by atoms with E-state index in [1.807, 2.05) is 48.0 Å². The van der Waals surface area contributed by atoms with Gasteiger partial charge in [0.25, 0.3) is 0 Å². The fraction of sp³-hybridized carbons (Fsp3) is 0.111. The molecular formula is C18H15N5OS. The summed E-state index contributed by atoms with van der Waals surface area (Å²) in [6.07, 6.45) is 1.79. The summed E-state index contributed by atoms with van der Waals surface area (Å²) in [7, 11) is 3.64. The Hall–Kier alpha value is -2.93. The molecule has 0 saturated carbocycles. The Kier molecular flexibility index (Phi) is 3.85. The summed E-state index contributed by atoms with van der Waals surface area (Å²) in [4.78, 5) is 15.1. The molecule has 4 aromatic rings. The molecule has 6 nitrogen and oxygen atoms in total. The summed E-state index contributed by atoms with van der Waals surface area (Å²) < 4.78 is 3.44. The molecule has 0 amide bonds. The first-order valence-electron chi connectivity index (χ1n) is 7.72. The van der Waals surface area contributed by atoms with Crippen LogP contribution in [0.3, 0.4) is 0 Å². The van der Waals surface area contributed by atoms with E-state index in [1.54, 1.807) is 25.0 Å². The Morgan fingerprint density at radius 1 is 1.00 bits per heavy atom. The summed E-state index contributed by atoms with van der Waals surface area (Å²) in [5.74, 6) is 0.463.